The molecule has 3 atom stereocenters. The summed E-state index contributed by atoms with van der Waals surface area (Å²) in [5.41, 5.74) is 18.3. The van der Waals surface area contributed by atoms with Crippen LogP contribution in [-0.2, 0) is 36.8 Å². The Kier molecular flexibility index (Phi) is 13.6. The van der Waals surface area contributed by atoms with Crippen molar-refractivity contribution in [3.63, 3.8) is 0 Å². The molecule has 2 aromatic carbocycles. The number of carbonyl (C=O) groups excluding carboxylic acids is 4. The van der Waals surface area contributed by atoms with Crippen molar-refractivity contribution in [2.75, 3.05) is 19.7 Å². The molecule has 0 aromatic heterocycles. The maximum absolute atomic E-state index is 13.0. The van der Waals surface area contributed by atoms with Gasteiger partial charge in [0.05, 0.1) is 19.2 Å². The normalized spacial score (nSPS) is 12.7. The van der Waals surface area contributed by atoms with Crippen LogP contribution in [0.2, 0.25) is 0 Å². The van der Waals surface area contributed by atoms with Crippen LogP contribution in [0.4, 0.5) is 0 Å². The van der Waals surface area contributed by atoms with Crippen LogP contribution in [0.5, 0.6) is 5.75 Å². The number of guanidine groups is 1. The Morgan fingerprint density at radius 3 is 2.20 bits per heavy atom. The molecule has 0 unspecified atom stereocenters. The van der Waals surface area contributed by atoms with Crippen LogP contribution in [0.15, 0.2) is 59.6 Å². The SMILES string of the molecule is CCOC(=O)[C@H](Cc1ccccc1)NC(=O)CNC(=O)[C@H](CCCN=C(N)N)NC(=O)[C@@H](N)Cc1ccc(O)cc1. The highest BCUT2D eigenvalue weighted by Crippen LogP contribution is 2.11. The fourth-order valence-electron chi connectivity index (χ4n) is 3.85. The molecule has 10 N–H and O–H groups in total. The third-order valence-electron chi connectivity index (χ3n) is 5.92. The van der Waals surface area contributed by atoms with Gasteiger partial charge in [-0.25, -0.2) is 4.79 Å². The van der Waals surface area contributed by atoms with Gasteiger partial charge in [-0.2, -0.15) is 0 Å². The lowest BCUT2D eigenvalue weighted by Gasteiger charge is -2.21. The van der Waals surface area contributed by atoms with Crippen LogP contribution in [0.1, 0.15) is 30.9 Å². The third-order valence-corrected chi connectivity index (χ3v) is 5.92. The molecule has 0 heterocycles. The van der Waals surface area contributed by atoms with E-state index in [2.05, 4.69) is 20.9 Å². The lowest BCUT2D eigenvalue weighted by Crippen LogP contribution is -2.54. The van der Waals surface area contributed by atoms with Gasteiger partial charge in [0.1, 0.15) is 17.8 Å². The minimum absolute atomic E-state index is 0.0852. The van der Waals surface area contributed by atoms with Crippen LogP contribution >= 0.6 is 0 Å². The number of nitrogens with zero attached hydrogens (tertiary/aromatic N) is 1. The zero-order valence-corrected chi connectivity index (χ0v) is 23.0. The van der Waals surface area contributed by atoms with Crippen LogP contribution < -0.4 is 33.2 Å². The fraction of sp³-hybridized carbons (Fsp3) is 0.393. The van der Waals surface area contributed by atoms with Crippen molar-refractivity contribution in [3.8, 4) is 5.75 Å². The Bertz CT molecular complexity index is 1170. The zero-order valence-electron chi connectivity index (χ0n) is 23.0. The van der Waals surface area contributed by atoms with Gasteiger partial charge in [-0.05, 0) is 49.4 Å². The van der Waals surface area contributed by atoms with E-state index >= 15 is 0 Å². The molecule has 13 nitrogen and oxygen atoms in total. The van der Waals surface area contributed by atoms with E-state index in [1.165, 1.54) is 12.1 Å². The largest absolute Gasteiger partial charge is 0.508 e. The molecule has 0 spiro atoms. The number of aromatic hydroxyl groups is 1. The smallest absolute Gasteiger partial charge is 0.328 e. The standard InChI is InChI=1S/C28H39N7O6/c1-2-41-27(40)23(16-18-7-4-3-5-8-18)34-24(37)17-33-26(39)22(9-6-14-32-28(30)31)35-25(38)21(29)15-19-10-12-20(36)13-11-19/h3-5,7-8,10-13,21-23,36H,2,6,9,14-17,29H2,1H3,(H,33,39)(H,34,37)(H,35,38)(H4,30,31,32)/t21-,22-,23-/m0/s1. The number of ether oxygens (including phenoxy) is 1. The summed E-state index contributed by atoms with van der Waals surface area (Å²) in [6.07, 6.45) is 0.911. The lowest BCUT2D eigenvalue weighted by molar-refractivity contribution is -0.147. The molecule has 0 bridgehead atoms. The highest BCUT2D eigenvalue weighted by atomic mass is 16.5. The van der Waals surface area contributed by atoms with Gasteiger partial charge in [0.15, 0.2) is 5.96 Å². The van der Waals surface area contributed by atoms with Crippen LogP contribution in [0.25, 0.3) is 0 Å². The van der Waals surface area contributed by atoms with Crippen molar-refractivity contribution in [1.29, 1.82) is 0 Å². The minimum atomic E-state index is -1.03. The molecule has 13 heteroatoms. The number of aliphatic imine (C=N–C) groups is 1. The van der Waals surface area contributed by atoms with E-state index in [-0.39, 0.29) is 44.1 Å². The van der Waals surface area contributed by atoms with Crippen LogP contribution in [-0.4, -0.2) is 72.6 Å². The first-order valence-electron chi connectivity index (χ1n) is 13.3. The van der Waals surface area contributed by atoms with E-state index in [9.17, 15) is 24.3 Å². The van der Waals surface area contributed by atoms with Crippen molar-refractivity contribution in [2.45, 2.75) is 50.7 Å². The lowest BCUT2D eigenvalue weighted by atomic mass is 10.0. The summed E-state index contributed by atoms with van der Waals surface area (Å²) in [5, 5.41) is 17.2. The van der Waals surface area contributed by atoms with Crippen molar-refractivity contribution < 1.29 is 29.0 Å². The second-order valence-electron chi connectivity index (χ2n) is 9.27. The molecule has 2 rings (SSSR count). The minimum Gasteiger partial charge on any atom is -0.508 e. The van der Waals surface area contributed by atoms with Gasteiger partial charge in [0.2, 0.25) is 17.7 Å². The van der Waals surface area contributed by atoms with Gasteiger partial charge in [0.25, 0.3) is 0 Å². The number of hydrogen-bond donors (Lipinski definition) is 7. The summed E-state index contributed by atoms with van der Waals surface area (Å²) in [6, 6.07) is 12.4. The Hall–Kier alpha value is -4.65. The molecule has 0 aliphatic heterocycles. The number of amides is 3. The predicted molar refractivity (Wildman–Crippen MR) is 153 cm³/mol. The summed E-state index contributed by atoms with van der Waals surface area (Å²) in [7, 11) is 0. The Labute approximate surface area is 238 Å². The summed E-state index contributed by atoms with van der Waals surface area (Å²) < 4.78 is 5.09. The molecule has 0 saturated heterocycles. The van der Waals surface area contributed by atoms with Gasteiger partial charge in [-0.1, -0.05) is 42.5 Å². The van der Waals surface area contributed by atoms with Gasteiger partial charge in [-0.3, -0.25) is 19.4 Å². The van der Waals surface area contributed by atoms with Gasteiger partial charge in [-0.15, -0.1) is 0 Å². The number of phenols is 1. The van der Waals surface area contributed by atoms with E-state index in [0.717, 1.165) is 11.1 Å². The highest BCUT2D eigenvalue weighted by molar-refractivity contribution is 5.92. The molecular formula is C28H39N7O6. The van der Waals surface area contributed by atoms with Crippen molar-refractivity contribution in [1.82, 2.24) is 16.0 Å². The van der Waals surface area contributed by atoms with E-state index in [0.29, 0.717) is 6.42 Å². The quantitative estimate of drug-likeness (QED) is 0.0581. The highest BCUT2D eigenvalue weighted by Gasteiger charge is 2.26. The van der Waals surface area contributed by atoms with Gasteiger partial charge in [0, 0.05) is 13.0 Å². The summed E-state index contributed by atoms with van der Waals surface area (Å²) >= 11 is 0. The van der Waals surface area contributed by atoms with Crippen molar-refractivity contribution in [3.05, 3.63) is 65.7 Å². The van der Waals surface area contributed by atoms with E-state index in [1.54, 1.807) is 19.1 Å². The molecule has 0 fully saturated rings. The first-order valence-corrected chi connectivity index (χ1v) is 13.3. The number of benzene rings is 2. The summed E-state index contributed by atoms with van der Waals surface area (Å²) in [6.45, 7) is 1.59. The topological polar surface area (TPSA) is 224 Å². The van der Waals surface area contributed by atoms with Gasteiger partial charge >= 0.3 is 5.97 Å². The number of phenolic OH excluding ortho intramolecular Hbond substituents is 1. The molecule has 2 aromatic rings. The van der Waals surface area contributed by atoms with Crippen molar-refractivity contribution in [2.24, 2.45) is 22.2 Å². The second-order valence-corrected chi connectivity index (χ2v) is 9.27. The van der Waals surface area contributed by atoms with E-state index in [1.807, 2.05) is 30.3 Å². The molecule has 222 valence electrons. The van der Waals surface area contributed by atoms with E-state index < -0.39 is 48.4 Å². The van der Waals surface area contributed by atoms with Crippen LogP contribution in [0.3, 0.4) is 0 Å². The average Bonchev–Trinajstić information content (AvgIpc) is 2.94. The molecule has 0 saturated carbocycles. The fourth-order valence-corrected chi connectivity index (χ4v) is 3.85. The number of rotatable bonds is 16. The number of nitrogens with two attached hydrogens (primary N) is 3. The predicted octanol–water partition coefficient (Wildman–Crippen LogP) is -0.793. The number of esters is 1. The molecular weight excluding hydrogens is 530 g/mol. The zero-order chi connectivity index (χ0) is 30.2. The second kappa shape index (κ2) is 17.1. The summed E-state index contributed by atoms with van der Waals surface area (Å²) in [5.74, 6) is -2.41. The third kappa shape index (κ3) is 12.4. The molecule has 0 aliphatic rings. The molecule has 41 heavy (non-hydrogen) atoms. The molecule has 0 aliphatic carbocycles. The number of hydrogen-bond acceptors (Lipinski definition) is 8. The first kappa shape index (κ1) is 32.6. The van der Waals surface area contributed by atoms with Crippen molar-refractivity contribution >= 4 is 29.7 Å². The van der Waals surface area contributed by atoms with Gasteiger partial charge < -0.3 is 43.0 Å². The van der Waals surface area contributed by atoms with E-state index in [4.69, 9.17) is 21.9 Å². The monoisotopic (exact) mass is 569 g/mol. The van der Waals surface area contributed by atoms with Crippen LogP contribution in [0, 0.1) is 0 Å². The number of carbonyl (C=O) groups is 4. The molecule has 3 amide bonds. The Balaban J connectivity index is 2.00. The first-order chi connectivity index (χ1) is 19.6. The number of nitrogens with one attached hydrogen (secondary N) is 3. The Morgan fingerprint density at radius 1 is 0.902 bits per heavy atom. The maximum atomic E-state index is 13.0. The maximum Gasteiger partial charge on any atom is 0.328 e. The summed E-state index contributed by atoms with van der Waals surface area (Å²) in [4.78, 5) is 54.8. The Morgan fingerprint density at radius 2 is 1.56 bits per heavy atom. The average molecular weight is 570 g/mol. The molecule has 0 radical (unpaired) electrons.